The van der Waals surface area contributed by atoms with Crippen molar-refractivity contribution in [3.05, 3.63) is 34.9 Å². The Morgan fingerprint density at radius 2 is 2.11 bits per heavy atom. The highest BCUT2D eigenvalue weighted by molar-refractivity contribution is 6.30. The maximum Gasteiger partial charge on any atom is 0.0406 e. The third kappa shape index (κ3) is 5.13. The van der Waals surface area contributed by atoms with E-state index in [4.69, 9.17) is 11.6 Å². The zero-order valence-corrected chi connectivity index (χ0v) is 12.6. The fourth-order valence-electron chi connectivity index (χ4n) is 2.86. The summed E-state index contributed by atoms with van der Waals surface area (Å²) in [5, 5.41) is 4.26. The molecule has 1 aromatic rings. The van der Waals surface area contributed by atoms with Crippen LogP contribution in [0.3, 0.4) is 0 Å². The van der Waals surface area contributed by atoms with Crippen molar-refractivity contribution >= 4 is 11.6 Å². The highest BCUT2D eigenvalue weighted by Gasteiger charge is 2.19. The third-order valence-corrected chi connectivity index (χ3v) is 4.15. The number of halogens is 1. The fraction of sp³-hybridized carbons (Fsp3) is 0.625. The van der Waals surface area contributed by atoms with E-state index >= 15 is 0 Å². The maximum atomic E-state index is 5.93. The van der Waals surface area contributed by atoms with Crippen LogP contribution in [0, 0.1) is 5.92 Å². The van der Waals surface area contributed by atoms with Gasteiger partial charge in [0.25, 0.3) is 0 Å². The Morgan fingerprint density at radius 1 is 1.32 bits per heavy atom. The maximum absolute atomic E-state index is 5.93. The van der Waals surface area contributed by atoms with Gasteiger partial charge in [-0.2, -0.15) is 0 Å². The molecule has 1 saturated heterocycles. The molecular formula is C16H25ClN2. The summed E-state index contributed by atoms with van der Waals surface area (Å²) in [6, 6.07) is 8.27. The average Bonchev–Trinajstić information content (AvgIpc) is 2.42. The van der Waals surface area contributed by atoms with Gasteiger partial charge >= 0.3 is 0 Å². The first-order valence-electron chi connectivity index (χ1n) is 7.45. The highest BCUT2D eigenvalue weighted by Crippen LogP contribution is 2.21. The average molecular weight is 281 g/mol. The van der Waals surface area contributed by atoms with Gasteiger partial charge in [-0.3, -0.25) is 4.90 Å². The van der Waals surface area contributed by atoms with E-state index in [0.717, 1.165) is 30.6 Å². The van der Waals surface area contributed by atoms with Gasteiger partial charge in [0.1, 0.15) is 0 Å². The molecule has 106 valence electrons. The summed E-state index contributed by atoms with van der Waals surface area (Å²) in [5.74, 6) is 0.861. The molecule has 0 amide bonds. The minimum Gasteiger partial charge on any atom is -0.317 e. The molecule has 1 atom stereocenters. The first kappa shape index (κ1) is 14.8. The van der Waals surface area contributed by atoms with Gasteiger partial charge in [0, 0.05) is 18.1 Å². The van der Waals surface area contributed by atoms with E-state index < -0.39 is 0 Å². The first-order valence-corrected chi connectivity index (χ1v) is 7.83. The van der Waals surface area contributed by atoms with Crippen LogP contribution in [0.5, 0.6) is 0 Å². The standard InChI is InChI=1S/C16H25ClN2/c1-2-18-10-9-14-4-3-11-19(12-14)13-15-5-7-16(17)8-6-15/h5-8,14,18H,2-4,9-13H2,1H3. The molecule has 0 aliphatic carbocycles. The number of hydrogen-bond acceptors (Lipinski definition) is 2. The molecule has 1 heterocycles. The van der Waals surface area contributed by atoms with Gasteiger partial charge in [0.15, 0.2) is 0 Å². The third-order valence-electron chi connectivity index (χ3n) is 3.90. The Morgan fingerprint density at radius 3 is 2.84 bits per heavy atom. The number of piperidine rings is 1. The first-order chi connectivity index (χ1) is 9.28. The summed E-state index contributed by atoms with van der Waals surface area (Å²) in [5.41, 5.74) is 1.37. The lowest BCUT2D eigenvalue weighted by Gasteiger charge is -2.32. The summed E-state index contributed by atoms with van der Waals surface area (Å²) in [6.45, 7) is 7.97. The minimum atomic E-state index is 0.825. The molecule has 19 heavy (non-hydrogen) atoms. The summed E-state index contributed by atoms with van der Waals surface area (Å²) < 4.78 is 0. The molecule has 0 aromatic heterocycles. The van der Waals surface area contributed by atoms with Crippen LogP contribution >= 0.6 is 11.6 Å². The lowest BCUT2D eigenvalue weighted by Crippen LogP contribution is -2.36. The number of hydrogen-bond donors (Lipinski definition) is 1. The number of rotatable bonds is 6. The van der Waals surface area contributed by atoms with Crippen molar-refractivity contribution in [2.24, 2.45) is 5.92 Å². The summed E-state index contributed by atoms with van der Waals surface area (Å²) >= 11 is 5.93. The van der Waals surface area contributed by atoms with Crippen LogP contribution in [0.25, 0.3) is 0 Å². The largest absolute Gasteiger partial charge is 0.317 e. The second kappa shape index (κ2) is 7.88. The van der Waals surface area contributed by atoms with Crippen LogP contribution < -0.4 is 5.32 Å². The van der Waals surface area contributed by atoms with Gasteiger partial charge < -0.3 is 5.32 Å². The Kier molecular flexibility index (Phi) is 6.15. The second-order valence-electron chi connectivity index (χ2n) is 5.51. The van der Waals surface area contributed by atoms with Crippen molar-refractivity contribution in [3.63, 3.8) is 0 Å². The fourth-order valence-corrected chi connectivity index (χ4v) is 2.99. The van der Waals surface area contributed by atoms with Crippen LogP contribution in [0.4, 0.5) is 0 Å². The number of likely N-dealkylation sites (tertiary alicyclic amines) is 1. The zero-order chi connectivity index (χ0) is 13.5. The van der Waals surface area contributed by atoms with Gasteiger partial charge in [-0.05, 0) is 62.5 Å². The van der Waals surface area contributed by atoms with E-state index in [1.807, 2.05) is 12.1 Å². The molecule has 2 nitrogen and oxygen atoms in total. The molecule has 2 rings (SSSR count). The van der Waals surface area contributed by atoms with Gasteiger partial charge in [-0.25, -0.2) is 0 Å². The normalized spacial score (nSPS) is 20.6. The van der Waals surface area contributed by atoms with Crippen LogP contribution in [-0.4, -0.2) is 31.1 Å². The Balaban J connectivity index is 1.78. The van der Waals surface area contributed by atoms with Crippen molar-refractivity contribution in [2.45, 2.75) is 32.7 Å². The topological polar surface area (TPSA) is 15.3 Å². The minimum absolute atomic E-state index is 0.825. The SMILES string of the molecule is CCNCCC1CCCN(Cc2ccc(Cl)cc2)C1. The van der Waals surface area contributed by atoms with Crippen molar-refractivity contribution in [3.8, 4) is 0 Å². The predicted octanol–water partition coefficient (Wildman–Crippen LogP) is 3.55. The van der Waals surface area contributed by atoms with Crippen molar-refractivity contribution in [2.75, 3.05) is 26.2 Å². The quantitative estimate of drug-likeness (QED) is 0.802. The molecule has 1 aromatic carbocycles. The molecule has 1 aliphatic rings. The van der Waals surface area contributed by atoms with E-state index in [2.05, 4.69) is 29.3 Å². The van der Waals surface area contributed by atoms with Crippen molar-refractivity contribution in [1.29, 1.82) is 0 Å². The molecule has 1 fully saturated rings. The molecule has 0 saturated carbocycles. The van der Waals surface area contributed by atoms with Gasteiger partial charge in [0.2, 0.25) is 0 Å². The van der Waals surface area contributed by atoms with Crippen LogP contribution in [-0.2, 0) is 6.54 Å². The zero-order valence-electron chi connectivity index (χ0n) is 11.9. The molecule has 0 spiro atoms. The number of nitrogens with one attached hydrogen (secondary N) is 1. The monoisotopic (exact) mass is 280 g/mol. The molecule has 3 heteroatoms. The molecule has 1 unspecified atom stereocenters. The van der Waals surface area contributed by atoms with Crippen molar-refractivity contribution in [1.82, 2.24) is 10.2 Å². The van der Waals surface area contributed by atoms with Crippen molar-refractivity contribution < 1.29 is 0 Å². The molecule has 1 aliphatic heterocycles. The molecular weight excluding hydrogens is 256 g/mol. The second-order valence-corrected chi connectivity index (χ2v) is 5.95. The summed E-state index contributed by atoms with van der Waals surface area (Å²) in [7, 11) is 0. The number of benzene rings is 1. The summed E-state index contributed by atoms with van der Waals surface area (Å²) in [4.78, 5) is 2.59. The van der Waals surface area contributed by atoms with E-state index in [0.29, 0.717) is 0 Å². The predicted molar refractivity (Wildman–Crippen MR) is 82.6 cm³/mol. The van der Waals surface area contributed by atoms with E-state index in [-0.39, 0.29) is 0 Å². The van der Waals surface area contributed by atoms with Crippen LogP contribution in [0.15, 0.2) is 24.3 Å². The van der Waals surface area contributed by atoms with Gasteiger partial charge in [-0.15, -0.1) is 0 Å². The van der Waals surface area contributed by atoms with E-state index in [1.165, 1.54) is 37.9 Å². The van der Waals surface area contributed by atoms with Crippen LogP contribution in [0.1, 0.15) is 31.7 Å². The summed E-state index contributed by atoms with van der Waals surface area (Å²) in [6.07, 6.45) is 4.04. The Hall–Kier alpha value is -0.570. The lowest BCUT2D eigenvalue weighted by atomic mass is 9.94. The van der Waals surface area contributed by atoms with E-state index in [1.54, 1.807) is 0 Å². The smallest absolute Gasteiger partial charge is 0.0406 e. The Labute approximate surface area is 122 Å². The van der Waals surface area contributed by atoms with Gasteiger partial charge in [-0.1, -0.05) is 30.7 Å². The van der Waals surface area contributed by atoms with Gasteiger partial charge in [0.05, 0.1) is 0 Å². The van der Waals surface area contributed by atoms with E-state index in [9.17, 15) is 0 Å². The molecule has 0 radical (unpaired) electrons. The Bertz CT molecular complexity index is 364. The molecule has 0 bridgehead atoms. The highest BCUT2D eigenvalue weighted by atomic mass is 35.5. The number of nitrogens with zero attached hydrogens (tertiary/aromatic N) is 1. The molecule has 1 N–H and O–H groups in total. The van der Waals surface area contributed by atoms with Crippen LogP contribution in [0.2, 0.25) is 5.02 Å². The lowest BCUT2D eigenvalue weighted by molar-refractivity contribution is 0.161.